The van der Waals surface area contributed by atoms with Crippen LogP contribution < -0.4 is 10.1 Å². The molecule has 152 valence electrons. The summed E-state index contributed by atoms with van der Waals surface area (Å²) in [6, 6.07) is 9.19. The molecule has 0 saturated carbocycles. The number of furan rings is 1. The summed E-state index contributed by atoms with van der Waals surface area (Å²) in [5.74, 6) is 1.79. The molecule has 3 heterocycles. The number of likely N-dealkylation sites (N-methyl/N-ethyl adjacent to an activating group) is 1. The highest BCUT2D eigenvalue weighted by Gasteiger charge is 2.18. The molecule has 2 aromatic heterocycles. The Morgan fingerprint density at radius 2 is 2.10 bits per heavy atom. The maximum atomic E-state index is 12.5. The molecule has 1 aliphatic heterocycles. The van der Waals surface area contributed by atoms with Gasteiger partial charge < -0.3 is 14.1 Å². The van der Waals surface area contributed by atoms with E-state index in [-0.39, 0.29) is 5.91 Å². The zero-order valence-electron chi connectivity index (χ0n) is 16.4. The van der Waals surface area contributed by atoms with Gasteiger partial charge in [-0.15, -0.1) is 0 Å². The zero-order chi connectivity index (χ0) is 20.2. The Kier molecular flexibility index (Phi) is 5.89. The Hall–Kier alpha value is -2.75. The number of nitrogens with one attached hydrogen (secondary N) is 1. The maximum Gasteiger partial charge on any atom is 0.260 e. The van der Waals surface area contributed by atoms with E-state index >= 15 is 0 Å². The summed E-state index contributed by atoms with van der Waals surface area (Å²) in [5.41, 5.74) is 1.27. The molecule has 0 unspecified atom stereocenters. The van der Waals surface area contributed by atoms with Gasteiger partial charge in [-0.05, 0) is 25.2 Å². The molecule has 1 saturated heterocycles. The normalized spacial score (nSPS) is 15.4. The van der Waals surface area contributed by atoms with Gasteiger partial charge in [0.1, 0.15) is 17.8 Å². The quantitative estimate of drug-likeness (QED) is 0.665. The molecule has 4 rings (SSSR count). The number of ether oxygens (including phenoxy) is 1. The molecule has 0 aliphatic carbocycles. The van der Waals surface area contributed by atoms with Crippen LogP contribution in [0.4, 0.5) is 5.13 Å². The van der Waals surface area contributed by atoms with Gasteiger partial charge in [0.05, 0.1) is 19.2 Å². The van der Waals surface area contributed by atoms with Crippen molar-refractivity contribution in [1.82, 2.24) is 19.2 Å². The fraction of sp³-hybridized carbons (Fsp3) is 0.350. The molecule has 3 aromatic rings. The van der Waals surface area contributed by atoms with Crippen molar-refractivity contribution in [2.75, 3.05) is 45.7 Å². The molecule has 1 aromatic carbocycles. The van der Waals surface area contributed by atoms with Crippen molar-refractivity contribution in [2.24, 2.45) is 0 Å². The van der Waals surface area contributed by atoms with Crippen LogP contribution in [-0.2, 0) is 6.54 Å². The Bertz CT molecular complexity index is 978. The fourth-order valence-electron chi connectivity index (χ4n) is 3.13. The molecule has 0 atom stereocenters. The van der Waals surface area contributed by atoms with Gasteiger partial charge in [-0.25, -0.2) is 4.98 Å². The number of nitrogens with zero attached hydrogens (tertiary/aromatic N) is 4. The number of anilines is 1. The largest absolute Gasteiger partial charge is 0.497 e. The van der Waals surface area contributed by atoms with Crippen molar-refractivity contribution in [3.05, 3.63) is 48.0 Å². The van der Waals surface area contributed by atoms with Crippen LogP contribution in [0.25, 0.3) is 11.3 Å². The minimum Gasteiger partial charge on any atom is -0.497 e. The van der Waals surface area contributed by atoms with E-state index in [4.69, 9.17) is 9.15 Å². The summed E-state index contributed by atoms with van der Waals surface area (Å²) in [7, 11) is 3.74. The van der Waals surface area contributed by atoms with Crippen LogP contribution in [0.15, 0.2) is 41.0 Å². The Morgan fingerprint density at radius 3 is 2.90 bits per heavy atom. The average Bonchev–Trinajstić information content (AvgIpc) is 3.40. The third kappa shape index (κ3) is 4.81. The minimum atomic E-state index is -0.273. The van der Waals surface area contributed by atoms with Crippen molar-refractivity contribution in [3.63, 3.8) is 0 Å². The van der Waals surface area contributed by atoms with E-state index in [2.05, 4.69) is 31.5 Å². The van der Waals surface area contributed by atoms with E-state index in [1.807, 2.05) is 24.3 Å². The van der Waals surface area contributed by atoms with Crippen molar-refractivity contribution in [1.29, 1.82) is 0 Å². The predicted octanol–water partition coefficient (Wildman–Crippen LogP) is 2.81. The number of aromatic nitrogens is 2. The first-order valence-corrected chi connectivity index (χ1v) is 10.2. The number of benzene rings is 1. The molecule has 9 heteroatoms. The average molecular weight is 414 g/mol. The number of hydrogen-bond acceptors (Lipinski definition) is 8. The van der Waals surface area contributed by atoms with Gasteiger partial charge >= 0.3 is 0 Å². The highest BCUT2D eigenvalue weighted by molar-refractivity contribution is 7.09. The van der Waals surface area contributed by atoms with Crippen LogP contribution in [0.5, 0.6) is 5.75 Å². The summed E-state index contributed by atoms with van der Waals surface area (Å²) in [4.78, 5) is 21.6. The molecular formula is C20H23N5O3S. The molecule has 0 spiro atoms. The fourth-order valence-corrected chi connectivity index (χ4v) is 3.70. The van der Waals surface area contributed by atoms with E-state index in [9.17, 15) is 4.79 Å². The molecule has 8 nitrogen and oxygen atoms in total. The van der Waals surface area contributed by atoms with Crippen LogP contribution in [0, 0.1) is 0 Å². The van der Waals surface area contributed by atoms with E-state index < -0.39 is 0 Å². The lowest BCUT2D eigenvalue weighted by Gasteiger charge is -2.31. The monoisotopic (exact) mass is 413 g/mol. The second kappa shape index (κ2) is 8.73. The third-order valence-electron chi connectivity index (χ3n) is 4.87. The van der Waals surface area contributed by atoms with E-state index in [1.54, 1.807) is 13.2 Å². The summed E-state index contributed by atoms with van der Waals surface area (Å²) < 4.78 is 15.2. The second-order valence-electron chi connectivity index (χ2n) is 6.98. The van der Waals surface area contributed by atoms with E-state index in [1.165, 1.54) is 17.8 Å². The van der Waals surface area contributed by atoms with Gasteiger partial charge in [-0.2, -0.15) is 4.37 Å². The molecule has 1 amide bonds. The lowest BCUT2D eigenvalue weighted by atomic mass is 10.1. The SMILES string of the molecule is COc1cccc(-c2cc(C(=O)Nc3nc(CN4CCN(C)CC4)ns3)co2)c1. The molecule has 0 bridgehead atoms. The minimum absolute atomic E-state index is 0.273. The first-order chi connectivity index (χ1) is 14.1. The highest BCUT2D eigenvalue weighted by atomic mass is 32.1. The lowest BCUT2D eigenvalue weighted by Crippen LogP contribution is -2.44. The van der Waals surface area contributed by atoms with E-state index in [0.29, 0.717) is 23.0 Å². The second-order valence-corrected chi connectivity index (χ2v) is 7.73. The first-order valence-electron chi connectivity index (χ1n) is 9.38. The van der Waals surface area contributed by atoms with Crippen LogP contribution in [0.2, 0.25) is 0 Å². The van der Waals surface area contributed by atoms with Gasteiger partial charge in [-0.3, -0.25) is 15.0 Å². The lowest BCUT2D eigenvalue weighted by molar-refractivity contribution is 0.102. The summed E-state index contributed by atoms with van der Waals surface area (Å²) in [6.45, 7) is 4.79. The van der Waals surface area contributed by atoms with Crippen LogP contribution in [0.1, 0.15) is 16.2 Å². The summed E-state index contributed by atoms with van der Waals surface area (Å²) in [6.07, 6.45) is 1.44. The molecular weight excluding hydrogens is 390 g/mol. The summed E-state index contributed by atoms with van der Waals surface area (Å²) >= 11 is 1.19. The standard InChI is InChI=1S/C20H23N5O3S/c1-24-6-8-25(9-7-24)12-18-21-20(29-23-18)22-19(26)15-11-17(28-13-15)14-4-3-5-16(10-14)27-2/h3-5,10-11,13H,6-9,12H2,1-2H3,(H,21,22,23,26). The number of carbonyl (C=O) groups is 1. The van der Waals surface area contributed by atoms with Crippen LogP contribution in [-0.4, -0.2) is 65.4 Å². The number of methoxy groups -OCH3 is 1. The van der Waals surface area contributed by atoms with Crippen molar-refractivity contribution >= 4 is 22.6 Å². The third-order valence-corrected chi connectivity index (χ3v) is 5.53. The zero-order valence-corrected chi connectivity index (χ0v) is 17.2. The van der Waals surface area contributed by atoms with Gasteiger partial charge in [-0.1, -0.05) is 12.1 Å². The Morgan fingerprint density at radius 1 is 1.28 bits per heavy atom. The highest BCUT2D eigenvalue weighted by Crippen LogP contribution is 2.26. The van der Waals surface area contributed by atoms with Crippen LogP contribution >= 0.6 is 11.5 Å². The molecule has 0 radical (unpaired) electrons. The Balaban J connectivity index is 1.37. The van der Waals surface area contributed by atoms with Gasteiger partial charge in [0, 0.05) is 43.3 Å². The number of amides is 1. The molecule has 29 heavy (non-hydrogen) atoms. The summed E-state index contributed by atoms with van der Waals surface area (Å²) in [5, 5.41) is 3.29. The first kappa shape index (κ1) is 19.6. The molecule has 1 N–H and O–H groups in total. The van der Waals surface area contributed by atoms with Gasteiger partial charge in [0.2, 0.25) is 5.13 Å². The molecule has 1 fully saturated rings. The smallest absolute Gasteiger partial charge is 0.260 e. The van der Waals surface area contributed by atoms with Crippen molar-refractivity contribution in [2.45, 2.75) is 6.54 Å². The van der Waals surface area contributed by atoms with Gasteiger partial charge in [0.15, 0.2) is 5.82 Å². The topological polar surface area (TPSA) is 83.7 Å². The van der Waals surface area contributed by atoms with E-state index in [0.717, 1.165) is 43.3 Å². The Labute approximate surface area is 173 Å². The van der Waals surface area contributed by atoms with Crippen molar-refractivity contribution in [3.8, 4) is 17.1 Å². The predicted molar refractivity (Wildman–Crippen MR) is 111 cm³/mol. The number of hydrogen-bond donors (Lipinski definition) is 1. The van der Waals surface area contributed by atoms with Gasteiger partial charge in [0.25, 0.3) is 5.91 Å². The maximum absolute atomic E-state index is 12.5. The number of carbonyl (C=O) groups excluding carboxylic acids is 1. The molecule has 1 aliphatic rings. The van der Waals surface area contributed by atoms with Crippen molar-refractivity contribution < 1.29 is 13.9 Å². The number of piperazine rings is 1. The van der Waals surface area contributed by atoms with Crippen LogP contribution in [0.3, 0.4) is 0 Å². The number of rotatable bonds is 6.